The van der Waals surface area contributed by atoms with Crippen molar-refractivity contribution in [2.75, 3.05) is 0 Å². The Morgan fingerprint density at radius 1 is 1.07 bits per heavy atom. The molecule has 4 rings (SSSR count). The maximum Gasteiger partial charge on any atom is 0.336 e. The van der Waals surface area contributed by atoms with Gasteiger partial charge in [-0.3, -0.25) is 0 Å². The van der Waals surface area contributed by atoms with Crippen LogP contribution in [0.15, 0.2) is 79.0 Å². The van der Waals surface area contributed by atoms with Crippen molar-refractivity contribution in [1.29, 1.82) is 0 Å². The summed E-state index contributed by atoms with van der Waals surface area (Å²) in [4.78, 5) is 23.9. The molecule has 134 valence electrons. The summed E-state index contributed by atoms with van der Waals surface area (Å²) in [5.74, 6) is -0.0141. The molecule has 4 aromatic rings. The van der Waals surface area contributed by atoms with E-state index in [1.54, 1.807) is 18.2 Å². The van der Waals surface area contributed by atoms with Crippen molar-refractivity contribution in [1.82, 2.24) is 0 Å². The topological polar surface area (TPSA) is 69.7 Å². The van der Waals surface area contributed by atoms with E-state index in [-0.39, 0.29) is 6.61 Å². The summed E-state index contributed by atoms with van der Waals surface area (Å²) in [7, 11) is 0. The Labute approximate surface area is 162 Å². The smallest absolute Gasteiger partial charge is 0.336 e. The molecular weight excluding hydrogens is 412 g/mol. The fraction of sp³-hybridized carbons (Fsp3) is 0.0476. The van der Waals surface area contributed by atoms with Crippen LogP contribution in [0, 0.1) is 0 Å². The number of carbonyl (C=O) groups excluding carboxylic acids is 1. The standard InChI is InChI=1S/C21H13BrO5/c22-18-9-6-15(26-18)7-10-19(23)25-12-14-11-20(24)27-17-8-5-13-3-1-2-4-16(13)21(14)17/h1-11H,12H2. The van der Waals surface area contributed by atoms with Crippen molar-refractivity contribution in [3.63, 3.8) is 0 Å². The van der Waals surface area contributed by atoms with Gasteiger partial charge in [0.05, 0.1) is 0 Å². The Morgan fingerprint density at radius 3 is 2.74 bits per heavy atom. The molecule has 0 atom stereocenters. The van der Waals surface area contributed by atoms with Gasteiger partial charge in [-0.05, 0) is 51.0 Å². The molecule has 0 radical (unpaired) electrons. The number of esters is 1. The second kappa shape index (κ2) is 7.25. The molecule has 0 aliphatic heterocycles. The van der Waals surface area contributed by atoms with Gasteiger partial charge in [-0.15, -0.1) is 0 Å². The predicted octanol–water partition coefficient (Wildman–Crippen LogP) is 5.06. The van der Waals surface area contributed by atoms with Gasteiger partial charge in [0.15, 0.2) is 4.67 Å². The van der Waals surface area contributed by atoms with Crippen molar-refractivity contribution < 1.29 is 18.4 Å². The number of halogens is 1. The minimum atomic E-state index is -0.538. The van der Waals surface area contributed by atoms with Crippen LogP contribution in [-0.2, 0) is 16.1 Å². The van der Waals surface area contributed by atoms with Gasteiger partial charge in [-0.1, -0.05) is 30.3 Å². The first-order chi connectivity index (χ1) is 13.1. The third-order valence-corrected chi connectivity index (χ3v) is 4.49. The SMILES string of the molecule is O=C(C=Cc1ccc(Br)o1)OCc1cc(=O)oc2ccc3ccccc3c12. The van der Waals surface area contributed by atoms with Crippen LogP contribution in [0.25, 0.3) is 27.8 Å². The van der Waals surface area contributed by atoms with Crippen molar-refractivity contribution in [2.45, 2.75) is 6.61 Å². The summed E-state index contributed by atoms with van der Waals surface area (Å²) in [6.45, 7) is -0.0405. The molecule has 2 heterocycles. The van der Waals surface area contributed by atoms with Crippen molar-refractivity contribution in [3.05, 3.63) is 87.1 Å². The van der Waals surface area contributed by atoms with E-state index in [1.165, 1.54) is 18.2 Å². The van der Waals surface area contributed by atoms with Gasteiger partial charge in [0.25, 0.3) is 0 Å². The number of hydrogen-bond acceptors (Lipinski definition) is 5. The molecule has 0 aliphatic rings. The van der Waals surface area contributed by atoms with E-state index in [4.69, 9.17) is 13.6 Å². The highest BCUT2D eigenvalue weighted by atomic mass is 79.9. The second-order valence-corrected chi connectivity index (χ2v) is 6.62. The predicted molar refractivity (Wildman–Crippen MR) is 105 cm³/mol. The first kappa shape index (κ1) is 17.3. The highest BCUT2D eigenvalue weighted by molar-refractivity contribution is 9.10. The fourth-order valence-corrected chi connectivity index (χ4v) is 3.22. The summed E-state index contributed by atoms with van der Waals surface area (Å²) in [6.07, 6.45) is 2.79. The van der Waals surface area contributed by atoms with E-state index >= 15 is 0 Å². The molecule has 5 nitrogen and oxygen atoms in total. The van der Waals surface area contributed by atoms with E-state index in [0.29, 0.717) is 21.6 Å². The zero-order chi connectivity index (χ0) is 18.8. The number of benzene rings is 2. The first-order valence-corrected chi connectivity index (χ1v) is 8.94. The summed E-state index contributed by atoms with van der Waals surface area (Å²) < 4.78 is 16.5. The van der Waals surface area contributed by atoms with Crippen LogP contribution in [0.5, 0.6) is 0 Å². The van der Waals surface area contributed by atoms with Crippen molar-refractivity contribution >= 4 is 49.7 Å². The molecule has 0 saturated heterocycles. The Kier molecular flexibility index (Phi) is 4.64. The average molecular weight is 425 g/mol. The minimum absolute atomic E-state index is 0.0405. The maximum absolute atomic E-state index is 12.0. The Hall–Kier alpha value is -3.12. The van der Waals surface area contributed by atoms with Gasteiger partial charge in [0.1, 0.15) is 18.0 Å². The lowest BCUT2D eigenvalue weighted by Crippen LogP contribution is -2.06. The van der Waals surface area contributed by atoms with Gasteiger partial charge >= 0.3 is 11.6 Å². The largest absolute Gasteiger partial charge is 0.458 e. The van der Waals surface area contributed by atoms with Crippen LogP contribution in [0.2, 0.25) is 0 Å². The fourth-order valence-electron chi connectivity index (χ4n) is 2.90. The Balaban J connectivity index is 1.63. The number of hydrogen-bond donors (Lipinski definition) is 0. The lowest BCUT2D eigenvalue weighted by Gasteiger charge is -2.08. The Bertz CT molecular complexity index is 1230. The van der Waals surface area contributed by atoms with Gasteiger partial charge in [0, 0.05) is 23.1 Å². The lowest BCUT2D eigenvalue weighted by molar-refractivity contribution is -0.138. The van der Waals surface area contributed by atoms with Crippen molar-refractivity contribution in [3.8, 4) is 0 Å². The van der Waals surface area contributed by atoms with Gasteiger partial charge < -0.3 is 13.6 Å². The van der Waals surface area contributed by atoms with Gasteiger partial charge in [-0.2, -0.15) is 0 Å². The monoisotopic (exact) mass is 424 g/mol. The lowest BCUT2D eigenvalue weighted by atomic mass is 10.0. The van der Waals surface area contributed by atoms with E-state index in [9.17, 15) is 9.59 Å². The number of carbonyl (C=O) groups is 1. The molecule has 6 heteroatoms. The first-order valence-electron chi connectivity index (χ1n) is 8.15. The molecule has 0 bridgehead atoms. The normalized spacial score (nSPS) is 11.4. The van der Waals surface area contributed by atoms with Crippen LogP contribution in [0.4, 0.5) is 0 Å². The molecule has 0 aliphatic carbocycles. The zero-order valence-electron chi connectivity index (χ0n) is 14.0. The summed E-state index contributed by atoms with van der Waals surface area (Å²) in [6, 6.07) is 16.2. The highest BCUT2D eigenvalue weighted by Gasteiger charge is 2.11. The van der Waals surface area contributed by atoms with E-state index < -0.39 is 11.6 Å². The third-order valence-electron chi connectivity index (χ3n) is 4.06. The molecular formula is C21H13BrO5. The van der Waals surface area contributed by atoms with Crippen molar-refractivity contribution in [2.24, 2.45) is 0 Å². The zero-order valence-corrected chi connectivity index (χ0v) is 15.6. The molecule has 0 spiro atoms. The number of rotatable bonds is 4. The second-order valence-electron chi connectivity index (χ2n) is 5.83. The third kappa shape index (κ3) is 3.71. The summed E-state index contributed by atoms with van der Waals surface area (Å²) in [5, 5.41) is 2.70. The van der Waals surface area contributed by atoms with E-state index in [0.717, 1.165) is 16.2 Å². The molecule has 2 aromatic carbocycles. The maximum atomic E-state index is 12.0. The molecule has 0 unspecified atom stereocenters. The van der Waals surface area contributed by atoms with Crippen LogP contribution in [-0.4, -0.2) is 5.97 Å². The van der Waals surface area contributed by atoms with Gasteiger partial charge in [-0.25, -0.2) is 9.59 Å². The summed E-state index contributed by atoms with van der Waals surface area (Å²) in [5.41, 5.74) is 0.573. The number of fused-ring (bicyclic) bond motifs is 3. The summed E-state index contributed by atoms with van der Waals surface area (Å²) >= 11 is 3.19. The molecule has 0 N–H and O–H groups in total. The molecule has 0 amide bonds. The number of furan rings is 1. The van der Waals surface area contributed by atoms with Gasteiger partial charge in [0.2, 0.25) is 0 Å². The van der Waals surface area contributed by atoms with Crippen LogP contribution >= 0.6 is 15.9 Å². The molecule has 27 heavy (non-hydrogen) atoms. The van der Waals surface area contributed by atoms with Crippen LogP contribution in [0.1, 0.15) is 11.3 Å². The average Bonchev–Trinajstić information content (AvgIpc) is 3.09. The molecule has 0 fully saturated rings. The van der Waals surface area contributed by atoms with Crippen LogP contribution < -0.4 is 5.63 Å². The number of ether oxygens (including phenoxy) is 1. The van der Waals surface area contributed by atoms with Crippen LogP contribution in [0.3, 0.4) is 0 Å². The van der Waals surface area contributed by atoms with E-state index in [1.807, 2.05) is 30.3 Å². The molecule has 2 aromatic heterocycles. The molecule has 0 saturated carbocycles. The quantitative estimate of drug-likeness (QED) is 0.198. The Morgan fingerprint density at radius 2 is 1.93 bits per heavy atom. The van der Waals surface area contributed by atoms with E-state index in [2.05, 4.69) is 15.9 Å². The minimum Gasteiger partial charge on any atom is -0.458 e. The highest BCUT2D eigenvalue weighted by Crippen LogP contribution is 2.27.